The summed E-state index contributed by atoms with van der Waals surface area (Å²) in [6.07, 6.45) is 2.40. The molecule has 2 rings (SSSR count). The number of benzene rings is 2. The van der Waals surface area contributed by atoms with Crippen LogP contribution in [0.1, 0.15) is 11.1 Å². The van der Waals surface area contributed by atoms with E-state index in [0.29, 0.717) is 10.6 Å². The monoisotopic (exact) mass is 377 g/mol. The first-order valence-corrected chi connectivity index (χ1v) is 9.07. The maximum absolute atomic E-state index is 12.5. The quantitative estimate of drug-likeness (QED) is 0.453. The Morgan fingerprint density at radius 1 is 1.04 bits per heavy atom. The zero-order valence-corrected chi connectivity index (χ0v) is 15.2. The number of ether oxygens (including phenoxy) is 1. The number of aryl methyl sites for hydroxylation is 1. The number of halogens is 1. The first kappa shape index (κ1) is 18.9. The van der Waals surface area contributed by atoms with Crippen molar-refractivity contribution in [2.24, 2.45) is 4.40 Å². The molecule has 0 saturated carbocycles. The second-order valence-electron chi connectivity index (χ2n) is 5.13. The molecule has 0 spiro atoms. The number of carbonyl (C=O) groups excluding carboxylic acids is 1. The van der Waals surface area contributed by atoms with Crippen molar-refractivity contribution in [3.63, 3.8) is 0 Å². The van der Waals surface area contributed by atoms with Gasteiger partial charge in [0.25, 0.3) is 10.0 Å². The van der Waals surface area contributed by atoms with Crippen LogP contribution in [0.3, 0.4) is 0 Å². The number of nitrogens with zero attached hydrogens (tertiary/aromatic N) is 1. The molecule has 0 aliphatic carbocycles. The van der Waals surface area contributed by atoms with Gasteiger partial charge in [-0.25, -0.2) is 4.79 Å². The molecule has 0 aliphatic rings. The third-order valence-electron chi connectivity index (χ3n) is 3.26. The van der Waals surface area contributed by atoms with Crippen molar-refractivity contribution in [1.29, 1.82) is 0 Å². The maximum atomic E-state index is 12.5. The van der Waals surface area contributed by atoms with E-state index in [9.17, 15) is 13.2 Å². The highest BCUT2D eigenvalue weighted by Crippen LogP contribution is 2.17. The van der Waals surface area contributed by atoms with Gasteiger partial charge in [-0.15, -0.1) is 0 Å². The molecule has 0 atom stereocenters. The van der Waals surface area contributed by atoms with Gasteiger partial charge in [-0.3, -0.25) is 0 Å². The summed E-state index contributed by atoms with van der Waals surface area (Å²) < 4.78 is 33.5. The molecule has 2 aromatic carbocycles. The van der Waals surface area contributed by atoms with Gasteiger partial charge in [-0.2, -0.15) is 12.8 Å². The van der Waals surface area contributed by atoms with Gasteiger partial charge in [0.2, 0.25) is 0 Å². The predicted molar refractivity (Wildman–Crippen MR) is 97.5 cm³/mol. The van der Waals surface area contributed by atoms with Crippen molar-refractivity contribution >= 4 is 33.3 Å². The van der Waals surface area contributed by atoms with Crippen LogP contribution in [0.25, 0.3) is 0 Å². The van der Waals surface area contributed by atoms with E-state index in [1.54, 1.807) is 36.4 Å². The summed E-state index contributed by atoms with van der Waals surface area (Å²) in [5, 5.41) is 0.501. The summed E-state index contributed by atoms with van der Waals surface area (Å²) in [4.78, 5) is 11.4. The van der Waals surface area contributed by atoms with Gasteiger partial charge >= 0.3 is 5.97 Å². The lowest BCUT2D eigenvalue weighted by atomic mass is 10.1. The molecule has 0 heterocycles. The first-order valence-electron chi connectivity index (χ1n) is 7.25. The van der Waals surface area contributed by atoms with Crippen molar-refractivity contribution in [3.05, 3.63) is 76.8 Å². The Kier molecular flexibility index (Phi) is 6.12. The van der Waals surface area contributed by atoms with Crippen LogP contribution in [0, 0.1) is 6.92 Å². The third kappa shape index (κ3) is 5.27. The van der Waals surface area contributed by atoms with E-state index in [2.05, 4.69) is 9.13 Å². The number of carbonyl (C=O) groups is 1. The Morgan fingerprint density at radius 2 is 1.64 bits per heavy atom. The molecule has 0 N–H and O–H groups in total. The minimum absolute atomic E-state index is 0.0658. The molecule has 0 unspecified atom stereocenters. The van der Waals surface area contributed by atoms with Gasteiger partial charge in [0, 0.05) is 16.7 Å². The Hall–Kier alpha value is -2.44. The third-order valence-corrected chi connectivity index (χ3v) is 4.81. The topological polar surface area (TPSA) is 72.8 Å². The van der Waals surface area contributed by atoms with Crippen molar-refractivity contribution in [2.45, 2.75) is 11.8 Å². The number of rotatable bonds is 5. The molecule has 25 heavy (non-hydrogen) atoms. The molecule has 5 nitrogen and oxygen atoms in total. The van der Waals surface area contributed by atoms with E-state index in [0.717, 1.165) is 11.6 Å². The number of hydrogen-bond donors (Lipinski definition) is 0. The lowest BCUT2D eigenvalue weighted by Crippen LogP contribution is -2.06. The molecular formula is C18H16ClNO4S. The standard InChI is InChI=1S/C18H16ClNO4S/c1-13-3-9-16(10-4-13)25(22,23)20-17(11-12-18(21)24-2)14-5-7-15(19)8-6-14/h3-12H,1-2H3/b12-11+,20-17+. The second-order valence-corrected chi connectivity index (χ2v) is 7.17. The summed E-state index contributed by atoms with van der Waals surface area (Å²) in [6, 6.07) is 12.8. The normalized spacial score (nSPS) is 12.4. The SMILES string of the molecule is COC(=O)/C=C/C(=N\S(=O)(=O)c1ccc(C)cc1)c1ccc(Cl)cc1. The average Bonchev–Trinajstić information content (AvgIpc) is 2.59. The Labute approximate surface area is 151 Å². The number of allylic oxidation sites excluding steroid dienone is 1. The first-order chi connectivity index (χ1) is 11.8. The molecule has 130 valence electrons. The minimum atomic E-state index is -3.94. The Bertz CT molecular complexity index is 915. The lowest BCUT2D eigenvalue weighted by Gasteiger charge is -2.04. The highest BCUT2D eigenvalue weighted by Gasteiger charge is 2.14. The van der Waals surface area contributed by atoms with Crippen LogP contribution in [0.15, 0.2) is 70.0 Å². The number of esters is 1. The molecule has 0 bridgehead atoms. The van der Waals surface area contributed by atoms with E-state index in [1.165, 1.54) is 25.3 Å². The van der Waals surface area contributed by atoms with Gasteiger partial charge < -0.3 is 4.74 Å². The van der Waals surface area contributed by atoms with Crippen molar-refractivity contribution < 1.29 is 17.9 Å². The predicted octanol–water partition coefficient (Wildman–Crippen LogP) is 3.56. The minimum Gasteiger partial charge on any atom is -0.466 e. The van der Waals surface area contributed by atoms with Gasteiger partial charge in [0.15, 0.2) is 0 Å². The number of sulfonamides is 1. The molecule has 7 heteroatoms. The molecule has 0 aromatic heterocycles. The van der Waals surface area contributed by atoms with Crippen LogP contribution in [-0.2, 0) is 19.6 Å². The van der Waals surface area contributed by atoms with Crippen LogP contribution in [-0.4, -0.2) is 27.2 Å². The molecule has 2 aromatic rings. The Balaban J connectivity index is 2.51. The van der Waals surface area contributed by atoms with E-state index < -0.39 is 16.0 Å². The zero-order chi connectivity index (χ0) is 18.4. The molecule has 0 fully saturated rings. The fraction of sp³-hybridized carbons (Fsp3) is 0.111. The van der Waals surface area contributed by atoms with Gasteiger partial charge in [-0.1, -0.05) is 41.4 Å². The van der Waals surface area contributed by atoms with Crippen molar-refractivity contribution in [3.8, 4) is 0 Å². The number of hydrogen-bond acceptors (Lipinski definition) is 4. The number of methoxy groups -OCH3 is 1. The summed E-state index contributed by atoms with van der Waals surface area (Å²) in [5.41, 5.74) is 1.54. The van der Waals surface area contributed by atoms with Gasteiger partial charge in [0.1, 0.15) is 0 Å². The summed E-state index contributed by atoms with van der Waals surface area (Å²) in [7, 11) is -2.71. The molecular weight excluding hydrogens is 362 g/mol. The molecule has 0 radical (unpaired) electrons. The highest BCUT2D eigenvalue weighted by atomic mass is 35.5. The van der Waals surface area contributed by atoms with Crippen molar-refractivity contribution in [1.82, 2.24) is 0 Å². The molecule has 0 saturated heterocycles. The summed E-state index contributed by atoms with van der Waals surface area (Å²) in [5.74, 6) is -0.616. The van der Waals surface area contributed by atoms with Crippen LogP contribution in [0.4, 0.5) is 0 Å². The van der Waals surface area contributed by atoms with Crippen LogP contribution < -0.4 is 0 Å². The zero-order valence-electron chi connectivity index (χ0n) is 13.6. The van der Waals surface area contributed by atoms with E-state index in [-0.39, 0.29) is 10.6 Å². The fourth-order valence-corrected chi connectivity index (χ4v) is 3.04. The highest BCUT2D eigenvalue weighted by molar-refractivity contribution is 7.90. The van der Waals surface area contributed by atoms with Crippen LogP contribution in [0.5, 0.6) is 0 Å². The van der Waals surface area contributed by atoms with E-state index in [1.807, 2.05) is 6.92 Å². The van der Waals surface area contributed by atoms with Gasteiger partial charge in [0.05, 0.1) is 17.7 Å². The van der Waals surface area contributed by atoms with Crippen molar-refractivity contribution in [2.75, 3.05) is 7.11 Å². The van der Waals surface area contributed by atoms with Gasteiger partial charge in [-0.05, 0) is 37.3 Å². The second kappa shape index (κ2) is 8.09. The molecule has 0 aliphatic heterocycles. The average molecular weight is 378 g/mol. The molecule has 0 amide bonds. The largest absolute Gasteiger partial charge is 0.466 e. The van der Waals surface area contributed by atoms with E-state index >= 15 is 0 Å². The maximum Gasteiger partial charge on any atom is 0.330 e. The fourth-order valence-electron chi connectivity index (χ4n) is 1.91. The summed E-state index contributed by atoms with van der Waals surface area (Å²) >= 11 is 5.86. The van der Waals surface area contributed by atoms with Crippen LogP contribution >= 0.6 is 11.6 Å². The Morgan fingerprint density at radius 3 is 2.20 bits per heavy atom. The van der Waals surface area contributed by atoms with Crippen LogP contribution in [0.2, 0.25) is 5.02 Å². The smallest absolute Gasteiger partial charge is 0.330 e. The summed E-state index contributed by atoms with van der Waals surface area (Å²) in [6.45, 7) is 1.86. The lowest BCUT2D eigenvalue weighted by molar-refractivity contribution is -0.134. The van der Waals surface area contributed by atoms with E-state index in [4.69, 9.17) is 11.6 Å².